The first-order valence-electron chi connectivity index (χ1n) is 12.3. The molecule has 0 spiro atoms. The van der Waals surface area contributed by atoms with Gasteiger partial charge < -0.3 is 9.47 Å². The van der Waals surface area contributed by atoms with Crippen LogP contribution in [0.25, 0.3) is 0 Å². The van der Waals surface area contributed by atoms with Crippen molar-refractivity contribution in [2.45, 2.75) is 24.3 Å². The summed E-state index contributed by atoms with van der Waals surface area (Å²) in [5.74, 6) is 0.718. The monoisotopic (exact) mass is 528 g/mol. The quantitative estimate of drug-likeness (QED) is 0.314. The molecular weight excluding hydrogens is 496 g/mol. The van der Waals surface area contributed by atoms with Crippen LogP contribution in [0, 0.1) is 0 Å². The summed E-state index contributed by atoms with van der Waals surface area (Å²) in [6.07, 6.45) is 1.51. The van der Waals surface area contributed by atoms with E-state index in [1.807, 2.05) is 54.6 Å². The molecule has 6 nitrogen and oxygen atoms in total. The minimum atomic E-state index is -3.74. The number of nitrogens with zero attached hydrogens (tertiary/aromatic N) is 2. The third-order valence-electron chi connectivity index (χ3n) is 6.24. The summed E-state index contributed by atoms with van der Waals surface area (Å²) in [6, 6.07) is 23.9. The Bertz CT molecular complexity index is 1180. The summed E-state index contributed by atoms with van der Waals surface area (Å²) in [7, 11) is -3.74. The molecule has 3 aromatic carbocycles. The van der Waals surface area contributed by atoms with Crippen molar-refractivity contribution in [3.8, 4) is 5.75 Å². The Balaban J connectivity index is 1.47. The lowest BCUT2D eigenvalue weighted by atomic mass is 10.1. The molecule has 1 aliphatic heterocycles. The van der Waals surface area contributed by atoms with E-state index in [1.54, 1.807) is 24.3 Å². The molecule has 4 rings (SSSR count). The number of rotatable bonds is 12. The standard InChI is InChI=1S/C28H33ClN2O4S/c29-26-11-13-27(14-12-26)36(32,33)31(17-15-24-7-2-1-3-8-24)23-25-9-4-5-10-28(25)35-20-6-16-30-18-21-34-22-19-30/h1-5,7-14H,6,15-23H2. The fraction of sp³-hybridized carbons (Fsp3) is 0.357. The number of hydrogen-bond acceptors (Lipinski definition) is 5. The van der Waals surface area contributed by atoms with Crippen molar-refractivity contribution in [3.05, 3.63) is 95.0 Å². The zero-order valence-corrected chi connectivity index (χ0v) is 22.0. The number of hydrogen-bond donors (Lipinski definition) is 0. The Hall–Kier alpha value is -2.42. The predicted octanol–water partition coefficient (Wildman–Crippen LogP) is 4.87. The summed E-state index contributed by atoms with van der Waals surface area (Å²) in [5.41, 5.74) is 1.93. The van der Waals surface area contributed by atoms with Crippen molar-refractivity contribution < 1.29 is 17.9 Å². The second-order valence-electron chi connectivity index (χ2n) is 8.79. The van der Waals surface area contributed by atoms with Gasteiger partial charge in [-0.05, 0) is 48.7 Å². The van der Waals surface area contributed by atoms with E-state index in [2.05, 4.69) is 4.90 Å². The first kappa shape index (κ1) is 26.6. The average molecular weight is 529 g/mol. The highest BCUT2D eigenvalue weighted by Gasteiger charge is 2.25. The zero-order chi connectivity index (χ0) is 25.2. The fourth-order valence-electron chi connectivity index (χ4n) is 4.20. The molecule has 0 amide bonds. The van der Waals surface area contributed by atoms with Crippen LogP contribution in [0.3, 0.4) is 0 Å². The van der Waals surface area contributed by atoms with Gasteiger partial charge in [-0.2, -0.15) is 4.31 Å². The van der Waals surface area contributed by atoms with Crippen LogP contribution in [0.4, 0.5) is 0 Å². The van der Waals surface area contributed by atoms with Crippen LogP contribution in [0.15, 0.2) is 83.8 Å². The highest BCUT2D eigenvalue weighted by Crippen LogP contribution is 2.25. The van der Waals surface area contributed by atoms with Crippen LogP contribution < -0.4 is 4.74 Å². The second kappa shape index (κ2) is 13.2. The van der Waals surface area contributed by atoms with Crippen molar-refractivity contribution >= 4 is 21.6 Å². The molecule has 1 aliphatic rings. The fourth-order valence-corrected chi connectivity index (χ4v) is 5.74. The number of sulfonamides is 1. The Morgan fingerprint density at radius 1 is 0.917 bits per heavy atom. The van der Waals surface area contributed by atoms with Crippen molar-refractivity contribution in [3.63, 3.8) is 0 Å². The molecule has 0 bridgehead atoms. The van der Waals surface area contributed by atoms with Gasteiger partial charge in [-0.25, -0.2) is 8.42 Å². The first-order valence-corrected chi connectivity index (χ1v) is 14.1. The van der Waals surface area contributed by atoms with Gasteiger partial charge in [-0.1, -0.05) is 60.1 Å². The van der Waals surface area contributed by atoms with Gasteiger partial charge in [0.1, 0.15) is 5.75 Å². The summed E-state index contributed by atoms with van der Waals surface area (Å²) in [6.45, 7) is 5.57. The number of halogens is 1. The van der Waals surface area contributed by atoms with E-state index in [1.165, 1.54) is 4.31 Å². The van der Waals surface area contributed by atoms with Crippen LogP contribution >= 0.6 is 11.6 Å². The zero-order valence-electron chi connectivity index (χ0n) is 20.4. The van der Waals surface area contributed by atoms with E-state index in [-0.39, 0.29) is 11.4 Å². The third-order valence-corrected chi connectivity index (χ3v) is 8.35. The minimum Gasteiger partial charge on any atom is -0.493 e. The van der Waals surface area contributed by atoms with Gasteiger partial charge in [-0.3, -0.25) is 4.90 Å². The van der Waals surface area contributed by atoms with E-state index in [0.717, 1.165) is 56.1 Å². The third kappa shape index (κ3) is 7.54. The number of benzene rings is 3. The van der Waals surface area contributed by atoms with Crippen molar-refractivity contribution in [2.75, 3.05) is 46.0 Å². The Kier molecular flexibility index (Phi) is 9.78. The highest BCUT2D eigenvalue weighted by atomic mass is 35.5. The molecule has 0 saturated carbocycles. The molecular formula is C28H33ClN2O4S. The van der Waals surface area contributed by atoms with E-state index in [9.17, 15) is 8.42 Å². The normalized spacial score (nSPS) is 14.7. The SMILES string of the molecule is O=S(=O)(c1ccc(Cl)cc1)N(CCc1ccccc1)Cc1ccccc1OCCCN1CCOCC1. The Labute approximate surface area is 219 Å². The van der Waals surface area contributed by atoms with Gasteiger partial charge >= 0.3 is 0 Å². The molecule has 0 aromatic heterocycles. The molecule has 192 valence electrons. The predicted molar refractivity (Wildman–Crippen MR) is 143 cm³/mol. The molecule has 1 saturated heterocycles. The summed E-state index contributed by atoms with van der Waals surface area (Å²) in [5, 5.41) is 0.501. The molecule has 0 aliphatic carbocycles. The van der Waals surface area contributed by atoms with Gasteiger partial charge in [0.05, 0.1) is 24.7 Å². The Morgan fingerprint density at radius 3 is 2.36 bits per heavy atom. The maximum Gasteiger partial charge on any atom is 0.243 e. The van der Waals surface area contributed by atoms with Crippen LogP contribution in [0.2, 0.25) is 5.02 Å². The van der Waals surface area contributed by atoms with Gasteiger partial charge in [0.15, 0.2) is 0 Å². The molecule has 36 heavy (non-hydrogen) atoms. The molecule has 0 radical (unpaired) electrons. The number of para-hydroxylation sites is 1. The molecule has 0 unspecified atom stereocenters. The molecule has 8 heteroatoms. The van der Waals surface area contributed by atoms with E-state index >= 15 is 0 Å². The topological polar surface area (TPSA) is 59.1 Å². The lowest BCUT2D eigenvalue weighted by Crippen LogP contribution is -2.37. The summed E-state index contributed by atoms with van der Waals surface area (Å²) < 4.78 is 40.3. The molecule has 1 heterocycles. The average Bonchev–Trinajstić information content (AvgIpc) is 2.91. The van der Waals surface area contributed by atoms with Crippen LogP contribution in [-0.2, 0) is 27.7 Å². The molecule has 1 fully saturated rings. The van der Waals surface area contributed by atoms with Crippen molar-refractivity contribution in [2.24, 2.45) is 0 Å². The van der Waals surface area contributed by atoms with E-state index in [4.69, 9.17) is 21.1 Å². The Morgan fingerprint density at radius 2 is 1.61 bits per heavy atom. The van der Waals surface area contributed by atoms with Crippen LogP contribution in [0.1, 0.15) is 17.5 Å². The van der Waals surface area contributed by atoms with Crippen LogP contribution in [0.5, 0.6) is 5.75 Å². The van der Waals surface area contributed by atoms with E-state index in [0.29, 0.717) is 24.6 Å². The maximum absolute atomic E-state index is 13.6. The van der Waals surface area contributed by atoms with Crippen LogP contribution in [-0.4, -0.2) is 63.6 Å². The van der Waals surface area contributed by atoms with Gasteiger partial charge in [0, 0.05) is 43.3 Å². The second-order valence-corrected chi connectivity index (χ2v) is 11.2. The van der Waals surface area contributed by atoms with Gasteiger partial charge in [0.25, 0.3) is 0 Å². The highest BCUT2D eigenvalue weighted by molar-refractivity contribution is 7.89. The lowest BCUT2D eigenvalue weighted by molar-refractivity contribution is 0.0357. The van der Waals surface area contributed by atoms with E-state index < -0.39 is 10.0 Å². The largest absolute Gasteiger partial charge is 0.493 e. The number of morpholine rings is 1. The van der Waals surface area contributed by atoms with Crippen molar-refractivity contribution in [1.29, 1.82) is 0 Å². The minimum absolute atomic E-state index is 0.220. The lowest BCUT2D eigenvalue weighted by Gasteiger charge is -2.26. The van der Waals surface area contributed by atoms with Gasteiger partial charge in [0.2, 0.25) is 10.0 Å². The summed E-state index contributed by atoms with van der Waals surface area (Å²) in [4.78, 5) is 2.60. The first-order chi connectivity index (χ1) is 17.5. The molecule has 0 N–H and O–H groups in total. The molecule has 0 atom stereocenters. The van der Waals surface area contributed by atoms with Gasteiger partial charge in [-0.15, -0.1) is 0 Å². The molecule has 3 aromatic rings. The van der Waals surface area contributed by atoms with Crippen molar-refractivity contribution in [1.82, 2.24) is 9.21 Å². The maximum atomic E-state index is 13.6. The number of ether oxygens (including phenoxy) is 2. The summed E-state index contributed by atoms with van der Waals surface area (Å²) >= 11 is 6.01. The smallest absolute Gasteiger partial charge is 0.243 e.